The highest BCUT2D eigenvalue weighted by molar-refractivity contribution is 6.31. The van der Waals surface area contributed by atoms with Gasteiger partial charge in [-0.1, -0.05) is 30.2 Å². The van der Waals surface area contributed by atoms with E-state index in [9.17, 15) is 9.18 Å². The van der Waals surface area contributed by atoms with Crippen LogP contribution in [0.3, 0.4) is 0 Å². The summed E-state index contributed by atoms with van der Waals surface area (Å²) >= 11 is 5.93. The molecule has 1 saturated carbocycles. The molecule has 1 aromatic heterocycles. The molecular weight excluding hydrogens is 457 g/mol. The van der Waals surface area contributed by atoms with Crippen LogP contribution in [0, 0.1) is 5.82 Å². The van der Waals surface area contributed by atoms with Crippen LogP contribution in [-0.4, -0.2) is 53.6 Å². The van der Waals surface area contributed by atoms with Crippen molar-refractivity contribution >= 4 is 45.6 Å². The Kier molecular flexibility index (Phi) is 6.34. The summed E-state index contributed by atoms with van der Waals surface area (Å²) in [6.07, 6.45) is 8.65. The highest BCUT2D eigenvalue weighted by atomic mass is 35.5. The van der Waals surface area contributed by atoms with Crippen LogP contribution in [0.2, 0.25) is 5.02 Å². The number of aromatic nitrogens is 2. The van der Waals surface area contributed by atoms with Crippen molar-refractivity contribution in [3.63, 3.8) is 0 Å². The van der Waals surface area contributed by atoms with Gasteiger partial charge in [0.2, 0.25) is 0 Å². The van der Waals surface area contributed by atoms with Crippen LogP contribution in [0.15, 0.2) is 48.8 Å². The second-order valence-corrected chi connectivity index (χ2v) is 8.93. The van der Waals surface area contributed by atoms with E-state index in [4.69, 9.17) is 16.3 Å². The topological polar surface area (TPSA) is 70.6 Å². The molecule has 34 heavy (non-hydrogen) atoms. The van der Waals surface area contributed by atoms with Crippen molar-refractivity contribution in [1.29, 1.82) is 0 Å². The lowest BCUT2D eigenvalue weighted by Gasteiger charge is -2.34. The van der Waals surface area contributed by atoms with E-state index in [1.54, 1.807) is 29.2 Å². The predicted octanol–water partition coefficient (Wildman–Crippen LogP) is 4.93. The molecular formula is C25H25ClFN5O2. The maximum Gasteiger partial charge on any atom is 0.250 e. The lowest BCUT2D eigenvalue weighted by atomic mass is 9.92. The molecule has 2 heterocycles. The number of nitrogens with one attached hydrogen (secondary N) is 1. The summed E-state index contributed by atoms with van der Waals surface area (Å²) in [4.78, 5) is 25.7. The quantitative estimate of drug-likeness (QED) is 0.503. The summed E-state index contributed by atoms with van der Waals surface area (Å²) in [7, 11) is 2.09. The van der Waals surface area contributed by atoms with E-state index in [1.165, 1.54) is 31.7 Å². The van der Waals surface area contributed by atoms with E-state index in [1.807, 2.05) is 12.1 Å². The number of nitrogens with zero attached hydrogens (tertiary/aromatic N) is 4. The number of amides is 1. The molecule has 0 bridgehead atoms. The molecule has 1 amide bonds. The van der Waals surface area contributed by atoms with Crippen molar-refractivity contribution in [3.8, 4) is 5.75 Å². The molecule has 1 fully saturated rings. The minimum atomic E-state index is -0.574. The van der Waals surface area contributed by atoms with Gasteiger partial charge < -0.3 is 15.0 Å². The van der Waals surface area contributed by atoms with Gasteiger partial charge in [0.15, 0.2) is 11.6 Å². The maximum atomic E-state index is 14.5. The van der Waals surface area contributed by atoms with Gasteiger partial charge in [-0.05, 0) is 44.2 Å². The number of rotatable bonds is 6. The highest BCUT2D eigenvalue weighted by Gasteiger charge is 2.26. The standard InChI is InChI=1S/C25H25ClFN5O2/c1-31(16-5-2-6-16)12-4-9-21(33)32-13-14-34-24-20(32)11-10-18-22(24)25(29-15-28-18)30-19-8-3-7-17(26)23(19)27/h3-4,7-11,15-16H,2,5-6,12-14H2,1H3,(H,28,29,30)/b9-4+. The first-order valence-corrected chi connectivity index (χ1v) is 11.7. The Morgan fingerprint density at radius 2 is 2.18 bits per heavy atom. The molecule has 0 atom stereocenters. The van der Waals surface area contributed by atoms with Gasteiger partial charge in [0.25, 0.3) is 5.91 Å². The molecule has 176 valence electrons. The normalized spacial score (nSPS) is 15.9. The Hall–Kier alpha value is -3.23. The Morgan fingerprint density at radius 1 is 1.32 bits per heavy atom. The van der Waals surface area contributed by atoms with Crippen LogP contribution < -0.4 is 15.0 Å². The Labute approximate surface area is 202 Å². The van der Waals surface area contributed by atoms with Gasteiger partial charge in [0.05, 0.1) is 33.8 Å². The molecule has 1 aliphatic carbocycles. The number of ether oxygens (including phenoxy) is 1. The summed E-state index contributed by atoms with van der Waals surface area (Å²) in [5, 5.41) is 3.59. The van der Waals surface area contributed by atoms with Gasteiger partial charge in [0.1, 0.15) is 18.8 Å². The predicted molar refractivity (Wildman–Crippen MR) is 131 cm³/mol. The van der Waals surface area contributed by atoms with E-state index < -0.39 is 5.82 Å². The number of halogens is 2. The number of likely N-dealkylation sites (N-methyl/N-ethyl adjacent to an activating group) is 1. The smallest absolute Gasteiger partial charge is 0.250 e. The fourth-order valence-electron chi connectivity index (χ4n) is 4.27. The SMILES string of the molecule is CN(C/C=C/C(=O)N1CCOc2c1ccc1ncnc(Nc3cccc(Cl)c3F)c21)C1CCC1. The van der Waals surface area contributed by atoms with Crippen LogP contribution in [0.25, 0.3) is 10.9 Å². The number of carbonyl (C=O) groups excluding carboxylic acids is 1. The molecule has 1 aliphatic heterocycles. The minimum absolute atomic E-state index is 0.00755. The monoisotopic (exact) mass is 481 g/mol. The van der Waals surface area contributed by atoms with Crippen molar-refractivity contribution in [1.82, 2.24) is 14.9 Å². The Balaban J connectivity index is 1.44. The first-order chi connectivity index (χ1) is 16.5. The maximum absolute atomic E-state index is 14.5. The minimum Gasteiger partial charge on any atom is -0.489 e. The average molecular weight is 482 g/mol. The number of carbonyl (C=O) groups is 1. The lowest BCUT2D eigenvalue weighted by molar-refractivity contribution is -0.114. The Morgan fingerprint density at radius 3 is 2.97 bits per heavy atom. The molecule has 5 rings (SSSR count). The van der Waals surface area contributed by atoms with Crippen LogP contribution in [0.5, 0.6) is 5.75 Å². The number of fused-ring (bicyclic) bond motifs is 3. The van der Waals surface area contributed by atoms with Crippen molar-refractivity contribution < 1.29 is 13.9 Å². The summed E-state index contributed by atoms with van der Waals surface area (Å²) < 4.78 is 20.5. The molecule has 9 heteroatoms. The van der Waals surface area contributed by atoms with E-state index in [-0.39, 0.29) is 16.6 Å². The second-order valence-electron chi connectivity index (χ2n) is 8.52. The zero-order chi connectivity index (χ0) is 23.7. The third-order valence-corrected chi connectivity index (χ3v) is 6.70. The molecule has 0 spiro atoms. The molecule has 1 N–H and O–H groups in total. The lowest BCUT2D eigenvalue weighted by Crippen LogP contribution is -2.38. The number of benzene rings is 2. The van der Waals surface area contributed by atoms with E-state index >= 15 is 0 Å². The van der Waals surface area contributed by atoms with Crippen LogP contribution >= 0.6 is 11.6 Å². The molecule has 2 aliphatic rings. The van der Waals surface area contributed by atoms with Crippen molar-refractivity contribution in [2.24, 2.45) is 0 Å². The summed E-state index contributed by atoms with van der Waals surface area (Å²) in [6, 6.07) is 8.94. The number of hydrogen-bond acceptors (Lipinski definition) is 6. The van der Waals surface area contributed by atoms with Gasteiger partial charge in [-0.25, -0.2) is 14.4 Å². The molecule has 0 unspecified atom stereocenters. The van der Waals surface area contributed by atoms with Crippen LogP contribution in [0.4, 0.5) is 21.6 Å². The fourth-order valence-corrected chi connectivity index (χ4v) is 4.44. The first-order valence-electron chi connectivity index (χ1n) is 11.3. The number of anilines is 3. The summed E-state index contributed by atoms with van der Waals surface area (Å²) in [6.45, 7) is 1.49. The van der Waals surface area contributed by atoms with Crippen molar-refractivity contribution in [2.75, 3.05) is 37.0 Å². The first kappa shape index (κ1) is 22.6. The molecule has 0 saturated heterocycles. The third-order valence-electron chi connectivity index (χ3n) is 6.41. The Bertz CT molecular complexity index is 1260. The van der Waals surface area contributed by atoms with Crippen molar-refractivity contribution in [2.45, 2.75) is 25.3 Å². The largest absolute Gasteiger partial charge is 0.489 e. The fraction of sp³-hybridized carbons (Fsp3) is 0.320. The van der Waals surface area contributed by atoms with Gasteiger partial charge in [-0.2, -0.15) is 0 Å². The van der Waals surface area contributed by atoms with E-state index in [0.717, 1.165) is 6.54 Å². The van der Waals surface area contributed by atoms with E-state index in [0.29, 0.717) is 47.4 Å². The van der Waals surface area contributed by atoms with Crippen molar-refractivity contribution in [3.05, 3.63) is 59.7 Å². The van der Waals surface area contributed by atoms with Gasteiger partial charge in [-0.3, -0.25) is 9.69 Å². The summed E-state index contributed by atoms with van der Waals surface area (Å²) in [5.74, 6) is 0.172. The average Bonchev–Trinajstić information content (AvgIpc) is 2.80. The summed E-state index contributed by atoms with van der Waals surface area (Å²) in [5.41, 5.74) is 1.43. The third kappa shape index (κ3) is 4.31. The van der Waals surface area contributed by atoms with Crippen LogP contribution in [-0.2, 0) is 4.79 Å². The molecule has 3 aromatic rings. The van der Waals surface area contributed by atoms with E-state index in [2.05, 4.69) is 27.2 Å². The zero-order valence-corrected chi connectivity index (χ0v) is 19.6. The highest BCUT2D eigenvalue weighted by Crippen LogP contribution is 2.41. The van der Waals surface area contributed by atoms with Gasteiger partial charge in [-0.15, -0.1) is 0 Å². The molecule has 7 nitrogen and oxygen atoms in total. The van der Waals surface area contributed by atoms with Crippen LogP contribution in [0.1, 0.15) is 19.3 Å². The van der Waals surface area contributed by atoms with Gasteiger partial charge >= 0.3 is 0 Å². The molecule has 2 aromatic carbocycles. The molecule has 0 radical (unpaired) electrons. The second kappa shape index (κ2) is 9.56. The number of hydrogen-bond donors (Lipinski definition) is 1. The van der Waals surface area contributed by atoms with Gasteiger partial charge in [0, 0.05) is 18.7 Å². The zero-order valence-electron chi connectivity index (χ0n) is 18.8.